The van der Waals surface area contributed by atoms with Gasteiger partial charge in [0, 0.05) is 37.0 Å². The van der Waals surface area contributed by atoms with Gasteiger partial charge in [0.25, 0.3) is 5.91 Å². The van der Waals surface area contributed by atoms with Gasteiger partial charge in [-0.15, -0.1) is 0 Å². The van der Waals surface area contributed by atoms with Gasteiger partial charge in [0.05, 0.1) is 28.0 Å². The lowest BCUT2D eigenvalue weighted by Crippen LogP contribution is -2.40. The third kappa shape index (κ3) is 6.98. The van der Waals surface area contributed by atoms with E-state index in [1.807, 2.05) is 42.6 Å². The molecule has 0 aliphatic carbocycles. The minimum atomic E-state index is -3.82. The second-order valence-corrected chi connectivity index (χ2v) is 14.3. The summed E-state index contributed by atoms with van der Waals surface area (Å²) < 4.78 is 36.2. The quantitative estimate of drug-likeness (QED) is 0.109. The molecule has 5 rings (SSSR count). The van der Waals surface area contributed by atoms with E-state index < -0.39 is 10.0 Å². The molecule has 232 valence electrons. The Hall–Kier alpha value is -3.32. The van der Waals surface area contributed by atoms with Crippen molar-refractivity contribution in [2.75, 3.05) is 26.2 Å². The third-order valence-corrected chi connectivity index (χ3v) is 11.0. The van der Waals surface area contributed by atoms with E-state index in [4.69, 9.17) is 22.1 Å². The van der Waals surface area contributed by atoms with Crippen LogP contribution in [0.2, 0.25) is 0 Å². The molecule has 2 fully saturated rings. The van der Waals surface area contributed by atoms with Crippen LogP contribution >= 0.6 is 24.0 Å². The second-order valence-electron chi connectivity index (χ2n) is 10.7. The molecule has 3 aromatic rings. The van der Waals surface area contributed by atoms with E-state index in [0.717, 1.165) is 24.9 Å². The van der Waals surface area contributed by atoms with Crippen molar-refractivity contribution in [1.29, 1.82) is 0 Å². The van der Waals surface area contributed by atoms with Crippen molar-refractivity contribution >= 4 is 56.3 Å². The summed E-state index contributed by atoms with van der Waals surface area (Å²) in [6, 6.07) is 16.3. The summed E-state index contributed by atoms with van der Waals surface area (Å²) in [6.07, 6.45) is 7.42. The summed E-state index contributed by atoms with van der Waals surface area (Å²) in [5, 5.41) is 4.84. The first-order valence-electron chi connectivity index (χ1n) is 14.9. The van der Waals surface area contributed by atoms with E-state index >= 15 is 0 Å². The number of aromatic nitrogens is 2. The lowest BCUT2D eigenvalue weighted by Gasteiger charge is -2.30. The number of carbonyl (C=O) groups is 2. The molecule has 0 unspecified atom stereocenters. The number of rotatable bonds is 11. The molecule has 3 heterocycles. The molecule has 9 nitrogen and oxygen atoms in total. The molecule has 12 heteroatoms. The van der Waals surface area contributed by atoms with Crippen LogP contribution in [-0.2, 0) is 24.3 Å². The van der Waals surface area contributed by atoms with E-state index in [-0.39, 0.29) is 35.8 Å². The van der Waals surface area contributed by atoms with Crippen LogP contribution in [0, 0.1) is 5.92 Å². The Kier molecular flexibility index (Phi) is 10.3. The minimum absolute atomic E-state index is 0.128. The molecule has 2 saturated heterocycles. The number of para-hydroxylation sites is 1. The van der Waals surface area contributed by atoms with E-state index in [1.165, 1.54) is 16.1 Å². The molecule has 2 aromatic carbocycles. The van der Waals surface area contributed by atoms with Gasteiger partial charge in [-0.3, -0.25) is 14.5 Å². The van der Waals surface area contributed by atoms with Gasteiger partial charge in [0.15, 0.2) is 0 Å². The standard InChI is InChI=1S/C32H36N4O5S3/c1-3-5-9-17-35-30(37)28(43-32(35)42)21-25-22-36(26-12-7-6-8-13-26)33-29(25)24-11-10-14-27(20-24)44(39,40)34-18-15-23(16-19-34)31(38)41-4-2/h6-8,10-14,20-23H,3-5,9,15-19H2,1-2H3/b28-21-. The molecule has 1 amide bonds. The Balaban J connectivity index is 1.46. The monoisotopic (exact) mass is 652 g/mol. The van der Waals surface area contributed by atoms with Crippen LogP contribution < -0.4 is 0 Å². The van der Waals surface area contributed by atoms with Crippen LogP contribution in [0.3, 0.4) is 0 Å². The lowest BCUT2D eigenvalue weighted by atomic mass is 9.98. The first-order valence-corrected chi connectivity index (χ1v) is 17.6. The number of thiocarbonyl (C=S) groups is 1. The van der Waals surface area contributed by atoms with Crippen LogP contribution in [0.25, 0.3) is 23.0 Å². The number of esters is 1. The van der Waals surface area contributed by atoms with Gasteiger partial charge in [-0.2, -0.15) is 9.40 Å². The van der Waals surface area contributed by atoms with Crippen molar-refractivity contribution in [2.24, 2.45) is 5.92 Å². The molecular formula is C32H36N4O5S3. The summed E-state index contributed by atoms with van der Waals surface area (Å²) >= 11 is 6.80. The highest BCUT2D eigenvalue weighted by Gasteiger charge is 2.34. The molecule has 0 radical (unpaired) electrons. The molecule has 0 atom stereocenters. The first-order chi connectivity index (χ1) is 21.2. The summed E-state index contributed by atoms with van der Waals surface area (Å²) in [5.41, 5.74) is 2.65. The van der Waals surface area contributed by atoms with Crippen LogP contribution in [0.5, 0.6) is 0 Å². The highest BCUT2D eigenvalue weighted by Crippen LogP contribution is 2.36. The normalized spacial score (nSPS) is 17.5. The Morgan fingerprint density at radius 2 is 1.84 bits per heavy atom. The SMILES string of the molecule is CCCCCN1C(=O)/C(=C/c2cn(-c3ccccc3)nc2-c2cccc(S(=O)(=O)N3CCC(C(=O)OCC)CC3)c2)SC1=S. The summed E-state index contributed by atoms with van der Waals surface area (Å²) in [4.78, 5) is 27.8. The number of sulfonamides is 1. The van der Waals surface area contributed by atoms with E-state index in [1.54, 1.807) is 40.8 Å². The molecular weight excluding hydrogens is 617 g/mol. The molecule has 1 aromatic heterocycles. The predicted molar refractivity (Wildman–Crippen MR) is 177 cm³/mol. The van der Waals surface area contributed by atoms with Crippen molar-refractivity contribution in [1.82, 2.24) is 19.0 Å². The zero-order chi connectivity index (χ0) is 31.3. The molecule has 2 aliphatic rings. The average molecular weight is 653 g/mol. The molecule has 0 bridgehead atoms. The molecule has 0 N–H and O–H groups in total. The predicted octanol–water partition coefficient (Wildman–Crippen LogP) is 5.89. The zero-order valence-corrected chi connectivity index (χ0v) is 27.3. The Bertz CT molecular complexity index is 1660. The topological polar surface area (TPSA) is 102 Å². The highest BCUT2D eigenvalue weighted by molar-refractivity contribution is 8.26. The number of amides is 1. The highest BCUT2D eigenvalue weighted by atomic mass is 32.2. The number of hydrogen-bond donors (Lipinski definition) is 0. The Labute approximate surface area is 268 Å². The Morgan fingerprint density at radius 1 is 1.09 bits per heavy atom. The zero-order valence-electron chi connectivity index (χ0n) is 24.8. The fraction of sp³-hybridized carbons (Fsp3) is 0.375. The number of ether oxygens (including phenoxy) is 1. The lowest BCUT2D eigenvalue weighted by molar-refractivity contribution is -0.149. The maximum atomic E-state index is 13.7. The molecule has 2 aliphatic heterocycles. The first kappa shape index (κ1) is 32.1. The van der Waals surface area contributed by atoms with Crippen LogP contribution in [0.1, 0.15) is 51.5 Å². The van der Waals surface area contributed by atoms with Crippen molar-refractivity contribution in [2.45, 2.75) is 50.8 Å². The van der Waals surface area contributed by atoms with Crippen LogP contribution in [-0.4, -0.2) is 69.8 Å². The minimum Gasteiger partial charge on any atom is -0.466 e. The summed E-state index contributed by atoms with van der Waals surface area (Å²) in [7, 11) is -3.82. The molecule has 44 heavy (non-hydrogen) atoms. The number of piperidine rings is 1. The van der Waals surface area contributed by atoms with E-state index in [9.17, 15) is 18.0 Å². The maximum absolute atomic E-state index is 13.7. The molecule has 0 spiro atoms. The summed E-state index contributed by atoms with van der Waals surface area (Å²) in [5.74, 6) is -0.695. The van der Waals surface area contributed by atoms with Crippen LogP contribution in [0.4, 0.5) is 0 Å². The van der Waals surface area contributed by atoms with Gasteiger partial charge in [-0.05, 0) is 56.5 Å². The van der Waals surface area contributed by atoms with E-state index in [2.05, 4.69) is 6.92 Å². The summed E-state index contributed by atoms with van der Waals surface area (Å²) in [6.45, 7) is 5.25. The Morgan fingerprint density at radius 3 is 2.55 bits per heavy atom. The maximum Gasteiger partial charge on any atom is 0.309 e. The number of benzene rings is 2. The van der Waals surface area contributed by atoms with Gasteiger partial charge in [-0.25, -0.2) is 13.1 Å². The number of thioether (sulfide) groups is 1. The average Bonchev–Trinajstić information content (AvgIpc) is 3.58. The van der Waals surface area contributed by atoms with Gasteiger partial charge in [-0.1, -0.05) is 74.1 Å². The van der Waals surface area contributed by atoms with Gasteiger partial charge >= 0.3 is 5.97 Å². The fourth-order valence-corrected chi connectivity index (χ4v) is 8.14. The van der Waals surface area contributed by atoms with E-state index in [0.29, 0.717) is 52.0 Å². The van der Waals surface area contributed by atoms with Gasteiger partial charge in [0.1, 0.15) is 10.0 Å². The second kappa shape index (κ2) is 14.2. The molecule has 0 saturated carbocycles. The van der Waals surface area contributed by atoms with Crippen molar-refractivity contribution in [3.05, 3.63) is 71.3 Å². The number of hydrogen-bond acceptors (Lipinski definition) is 8. The van der Waals surface area contributed by atoms with Crippen molar-refractivity contribution < 1.29 is 22.7 Å². The van der Waals surface area contributed by atoms with Crippen molar-refractivity contribution in [3.63, 3.8) is 0 Å². The third-order valence-electron chi connectivity index (χ3n) is 7.73. The van der Waals surface area contributed by atoms with Gasteiger partial charge < -0.3 is 4.74 Å². The number of nitrogens with zero attached hydrogens (tertiary/aromatic N) is 4. The van der Waals surface area contributed by atoms with Crippen LogP contribution in [0.15, 0.2) is 70.6 Å². The largest absolute Gasteiger partial charge is 0.466 e. The smallest absolute Gasteiger partial charge is 0.309 e. The van der Waals surface area contributed by atoms with Crippen molar-refractivity contribution in [3.8, 4) is 16.9 Å². The van der Waals surface area contributed by atoms with Gasteiger partial charge in [0.2, 0.25) is 10.0 Å². The fourth-order valence-electron chi connectivity index (χ4n) is 5.33. The number of unbranched alkanes of at least 4 members (excludes halogenated alkanes) is 2. The number of carbonyl (C=O) groups excluding carboxylic acids is 2.